The second-order valence-corrected chi connectivity index (χ2v) is 12.9. The lowest BCUT2D eigenvalue weighted by atomic mass is 9.87. The van der Waals surface area contributed by atoms with E-state index in [0.29, 0.717) is 36.6 Å². The zero-order valence-corrected chi connectivity index (χ0v) is 24.1. The SMILES string of the molecule is O=C(NC1CC1)C(=O)[C@H](C[C@@H]1CCNC1=O)NC(=O)[C@@H]1CC2(CCN1C(=O)c1nc(-c3ccccc3Cl)cs1)CC2. The van der Waals surface area contributed by atoms with Gasteiger partial charge >= 0.3 is 0 Å². The number of carbonyl (C=O) groups excluding carboxylic acids is 5. The van der Waals surface area contributed by atoms with Crippen LogP contribution in [-0.4, -0.2) is 70.5 Å². The van der Waals surface area contributed by atoms with Crippen LogP contribution in [0, 0.1) is 11.3 Å². The molecule has 2 aromatic rings. The monoisotopic (exact) mass is 597 g/mol. The molecule has 2 aliphatic carbocycles. The van der Waals surface area contributed by atoms with E-state index in [1.54, 1.807) is 16.3 Å². The number of thiazole rings is 1. The molecule has 41 heavy (non-hydrogen) atoms. The van der Waals surface area contributed by atoms with Crippen molar-refractivity contribution in [3.05, 3.63) is 39.7 Å². The molecule has 10 nitrogen and oxygen atoms in total. The van der Waals surface area contributed by atoms with Gasteiger partial charge in [0.2, 0.25) is 17.6 Å². The molecule has 1 aromatic heterocycles. The Morgan fingerprint density at radius 1 is 1.15 bits per heavy atom. The van der Waals surface area contributed by atoms with Gasteiger partial charge in [0.05, 0.1) is 11.7 Å². The minimum atomic E-state index is -1.16. The average molecular weight is 598 g/mol. The van der Waals surface area contributed by atoms with Crippen molar-refractivity contribution >= 4 is 52.3 Å². The second kappa shape index (κ2) is 11.2. The molecule has 6 rings (SSSR count). The molecule has 4 amide bonds. The van der Waals surface area contributed by atoms with Gasteiger partial charge < -0.3 is 20.9 Å². The number of ketones is 1. The number of aromatic nitrogens is 1. The van der Waals surface area contributed by atoms with Gasteiger partial charge in [-0.25, -0.2) is 4.98 Å². The number of halogens is 1. The molecule has 216 valence electrons. The molecule has 1 spiro atoms. The van der Waals surface area contributed by atoms with Crippen LogP contribution in [0.4, 0.5) is 0 Å². The van der Waals surface area contributed by atoms with Crippen molar-refractivity contribution in [1.29, 1.82) is 0 Å². The summed E-state index contributed by atoms with van der Waals surface area (Å²) in [6.45, 7) is 0.883. The highest BCUT2D eigenvalue weighted by Crippen LogP contribution is 2.55. The Kier molecular flexibility index (Phi) is 7.58. The third-order valence-electron chi connectivity index (χ3n) is 8.70. The number of nitrogens with one attached hydrogen (secondary N) is 3. The zero-order valence-electron chi connectivity index (χ0n) is 22.5. The van der Waals surface area contributed by atoms with Gasteiger partial charge in [-0.15, -0.1) is 11.3 Å². The summed E-state index contributed by atoms with van der Waals surface area (Å²) in [5.74, 6) is -3.01. The van der Waals surface area contributed by atoms with Crippen molar-refractivity contribution in [3.8, 4) is 11.3 Å². The molecule has 4 aliphatic rings. The summed E-state index contributed by atoms with van der Waals surface area (Å²) in [6, 6.07) is 5.27. The highest BCUT2D eigenvalue weighted by atomic mass is 35.5. The van der Waals surface area contributed by atoms with E-state index in [0.717, 1.165) is 37.7 Å². The van der Waals surface area contributed by atoms with Gasteiger partial charge in [-0.2, -0.15) is 0 Å². The third kappa shape index (κ3) is 6.01. The highest BCUT2D eigenvalue weighted by molar-refractivity contribution is 7.12. The number of likely N-dealkylation sites (tertiary alicyclic amines) is 1. The normalized spacial score (nSPS) is 23.5. The Bertz CT molecular complexity index is 1400. The molecule has 3 atom stereocenters. The number of rotatable bonds is 9. The standard InChI is InChI=1S/C29H32ClN5O5S/c30-19-4-2-1-3-18(19)21-15-41-27(34-21)28(40)35-12-10-29(8-9-29)14-22(35)25(38)33-20(13-16-7-11-31-24(16)37)23(36)26(39)32-17-5-6-17/h1-4,15-17,20,22H,5-14H2,(H,31,37)(H,32,39)(H,33,38)/t16-,20-,22-/m0/s1. The van der Waals surface area contributed by atoms with Gasteiger partial charge in [0.25, 0.3) is 11.8 Å². The minimum absolute atomic E-state index is 0.0125. The topological polar surface area (TPSA) is 138 Å². The van der Waals surface area contributed by atoms with Crippen LogP contribution in [0.25, 0.3) is 11.3 Å². The van der Waals surface area contributed by atoms with Crippen LogP contribution < -0.4 is 16.0 Å². The Morgan fingerprint density at radius 3 is 2.61 bits per heavy atom. The van der Waals surface area contributed by atoms with Crippen LogP contribution in [-0.2, 0) is 19.2 Å². The fraction of sp³-hybridized carbons (Fsp3) is 0.517. The number of Topliss-reactive ketones (excluding diaryl/α,β-unsaturated/α-hetero) is 1. The Hall–Kier alpha value is -3.31. The molecule has 1 aromatic carbocycles. The van der Waals surface area contributed by atoms with E-state index in [2.05, 4.69) is 20.9 Å². The van der Waals surface area contributed by atoms with Crippen LogP contribution >= 0.6 is 22.9 Å². The van der Waals surface area contributed by atoms with Crippen LogP contribution in [0.2, 0.25) is 5.02 Å². The zero-order chi connectivity index (χ0) is 28.7. The highest BCUT2D eigenvalue weighted by Gasteiger charge is 2.52. The van der Waals surface area contributed by atoms with Crippen molar-refractivity contribution in [1.82, 2.24) is 25.8 Å². The summed E-state index contributed by atoms with van der Waals surface area (Å²) < 4.78 is 0. The van der Waals surface area contributed by atoms with Crippen LogP contribution in [0.3, 0.4) is 0 Å². The third-order valence-corrected chi connectivity index (χ3v) is 9.86. The first kappa shape index (κ1) is 27.8. The molecule has 2 aliphatic heterocycles. The van der Waals surface area contributed by atoms with E-state index in [4.69, 9.17) is 11.6 Å². The Morgan fingerprint density at radius 2 is 1.93 bits per heavy atom. The van der Waals surface area contributed by atoms with Gasteiger partial charge in [0.15, 0.2) is 5.01 Å². The molecule has 3 heterocycles. The fourth-order valence-corrected chi connectivity index (χ4v) is 6.83. The number of hydrogen-bond acceptors (Lipinski definition) is 7. The maximum Gasteiger partial charge on any atom is 0.289 e. The van der Waals surface area contributed by atoms with Gasteiger partial charge in [0, 0.05) is 41.0 Å². The van der Waals surface area contributed by atoms with E-state index >= 15 is 0 Å². The number of nitrogens with zero attached hydrogens (tertiary/aromatic N) is 2. The number of piperidine rings is 1. The maximum atomic E-state index is 13.8. The summed E-state index contributed by atoms with van der Waals surface area (Å²) in [7, 11) is 0. The first-order valence-corrected chi connectivity index (χ1v) is 15.4. The second-order valence-electron chi connectivity index (χ2n) is 11.7. The van der Waals surface area contributed by atoms with Crippen molar-refractivity contribution < 1.29 is 24.0 Å². The number of benzene rings is 1. The van der Waals surface area contributed by atoms with Gasteiger partial charge in [-0.05, 0) is 62.8 Å². The molecular formula is C29H32ClN5O5S. The molecule has 2 saturated carbocycles. The molecule has 0 bridgehead atoms. The lowest BCUT2D eigenvalue weighted by molar-refractivity contribution is -0.141. The van der Waals surface area contributed by atoms with E-state index in [1.165, 1.54) is 11.3 Å². The van der Waals surface area contributed by atoms with E-state index < -0.39 is 35.6 Å². The van der Waals surface area contributed by atoms with E-state index in [1.807, 2.05) is 18.2 Å². The maximum absolute atomic E-state index is 13.8. The summed E-state index contributed by atoms with van der Waals surface area (Å²) in [6.07, 6.45) is 5.44. The summed E-state index contributed by atoms with van der Waals surface area (Å²) in [4.78, 5) is 71.8. The summed E-state index contributed by atoms with van der Waals surface area (Å²) in [5, 5.41) is 10.8. The van der Waals surface area contributed by atoms with E-state index in [9.17, 15) is 24.0 Å². The molecular weight excluding hydrogens is 566 g/mol. The number of hydrogen-bond donors (Lipinski definition) is 3. The first-order chi connectivity index (χ1) is 19.7. The van der Waals surface area contributed by atoms with Crippen molar-refractivity contribution in [2.45, 2.75) is 69.5 Å². The van der Waals surface area contributed by atoms with Crippen molar-refractivity contribution in [2.75, 3.05) is 13.1 Å². The Balaban J connectivity index is 1.21. The summed E-state index contributed by atoms with van der Waals surface area (Å²) in [5.41, 5.74) is 1.32. The number of amides is 4. The predicted octanol–water partition coefficient (Wildman–Crippen LogP) is 2.71. The molecule has 4 fully saturated rings. The molecule has 2 saturated heterocycles. The van der Waals surface area contributed by atoms with Crippen LogP contribution in [0.1, 0.15) is 61.2 Å². The first-order valence-electron chi connectivity index (χ1n) is 14.2. The number of carbonyl (C=O) groups is 5. The molecule has 3 N–H and O–H groups in total. The quantitative estimate of drug-likeness (QED) is 0.380. The fourth-order valence-electron chi connectivity index (χ4n) is 5.83. The van der Waals surface area contributed by atoms with Crippen molar-refractivity contribution in [3.63, 3.8) is 0 Å². The van der Waals surface area contributed by atoms with Gasteiger partial charge in [-0.3, -0.25) is 24.0 Å². The molecule has 0 radical (unpaired) electrons. The largest absolute Gasteiger partial charge is 0.356 e. The predicted molar refractivity (Wildman–Crippen MR) is 152 cm³/mol. The lowest BCUT2D eigenvalue weighted by Crippen LogP contribution is -2.58. The van der Waals surface area contributed by atoms with E-state index in [-0.39, 0.29) is 34.7 Å². The average Bonchev–Trinajstić information content (AvgIpc) is 3.84. The lowest BCUT2D eigenvalue weighted by Gasteiger charge is -2.39. The van der Waals surface area contributed by atoms with Gasteiger partial charge in [0.1, 0.15) is 6.04 Å². The molecule has 12 heteroatoms. The van der Waals surface area contributed by atoms with Gasteiger partial charge in [-0.1, -0.05) is 29.8 Å². The van der Waals surface area contributed by atoms with Crippen LogP contribution in [0.15, 0.2) is 29.6 Å². The van der Waals surface area contributed by atoms with Crippen molar-refractivity contribution in [2.24, 2.45) is 11.3 Å². The smallest absolute Gasteiger partial charge is 0.289 e. The molecule has 0 unspecified atom stereocenters. The minimum Gasteiger partial charge on any atom is -0.356 e. The summed E-state index contributed by atoms with van der Waals surface area (Å²) >= 11 is 7.53. The Labute approximate surface area is 246 Å². The van der Waals surface area contributed by atoms with Crippen LogP contribution in [0.5, 0.6) is 0 Å².